The van der Waals surface area contributed by atoms with Gasteiger partial charge >= 0.3 is 0 Å². The predicted octanol–water partition coefficient (Wildman–Crippen LogP) is 5.36. The molecule has 0 aromatic heterocycles. The average Bonchev–Trinajstić information content (AvgIpc) is 2.87. The molecule has 2 aromatic rings. The van der Waals surface area contributed by atoms with Gasteiger partial charge in [0.2, 0.25) is 0 Å². The SMILES string of the molecule is COc1ccc2c(c1)C1=C(CCO2)C(c2ccc(Cl)cc2)=C/C(=C\C#N)O1. The van der Waals surface area contributed by atoms with E-state index in [0.29, 0.717) is 35.3 Å². The van der Waals surface area contributed by atoms with Crippen molar-refractivity contribution in [3.63, 3.8) is 0 Å². The number of benzene rings is 2. The van der Waals surface area contributed by atoms with E-state index in [1.54, 1.807) is 7.11 Å². The van der Waals surface area contributed by atoms with Crippen molar-refractivity contribution in [2.45, 2.75) is 6.42 Å². The van der Waals surface area contributed by atoms with Gasteiger partial charge in [-0.2, -0.15) is 5.26 Å². The molecule has 0 N–H and O–H groups in total. The summed E-state index contributed by atoms with van der Waals surface area (Å²) in [6, 6.07) is 15.3. The Kier molecular flexibility index (Phi) is 4.62. The van der Waals surface area contributed by atoms with Crippen molar-refractivity contribution in [1.82, 2.24) is 0 Å². The number of hydrogen-bond acceptors (Lipinski definition) is 4. The zero-order valence-electron chi connectivity index (χ0n) is 14.7. The second-order valence-corrected chi connectivity index (χ2v) is 6.55. The second kappa shape index (κ2) is 7.22. The highest BCUT2D eigenvalue weighted by Gasteiger charge is 2.27. The van der Waals surface area contributed by atoms with Gasteiger partial charge in [0.1, 0.15) is 23.0 Å². The third-order valence-electron chi connectivity index (χ3n) is 4.51. The highest BCUT2D eigenvalue weighted by atomic mass is 35.5. The Labute approximate surface area is 162 Å². The lowest BCUT2D eigenvalue weighted by molar-refractivity contribution is 0.324. The molecule has 0 aliphatic carbocycles. The molecule has 0 spiro atoms. The van der Waals surface area contributed by atoms with Crippen molar-refractivity contribution in [3.8, 4) is 17.6 Å². The fourth-order valence-electron chi connectivity index (χ4n) is 3.25. The highest BCUT2D eigenvalue weighted by molar-refractivity contribution is 6.30. The first-order chi connectivity index (χ1) is 13.2. The molecule has 0 saturated carbocycles. The summed E-state index contributed by atoms with van der Waals surface area (Å²) in [5.74, 6) is 2.62. The minimum Gasteiger partial charge on any atom is -0.497 e. The summed E-state index contributed by atoms with van der Waals surface area (Å²) in [6.07, 6.45) is 3.96. The van der Waals surface area contributed by atoms with E-state index in [1.807, 2.05) is 54.6 Å². The Morgan fingerprint density at radius 3 is 2.74 bits per heavy atom. The van der Waals surface area contributed by atoms with Gasteiger partial charge in [0.15, 0.2) is 0 Å². The number of halogens is 1. The van der Waals surface area contributed by atoms with Crippen LogP contribution < -0.4 is 9.47 Å². The van der Waals surface area contributed by atoms with Crippen LogP contribution in [0.4, 0.5) is 0 Å². The van der Waals surface area contributed by atoms with Gasteiger partial charge in [-0.1, -0.05) is 23.7 Å². The number of rotatable bonds is 2. The molecule has 5 heteroatoms. The largest absolute Gasteiger partial charge is 0.497 e. The summed E-state index contributed by atoms with van der Waals surface area (Å²) >= 11 is 6.05. The maximum atomic E-state index is 9.13. The first-order valence-electron chi connectivity index (χ1n) is 8.49. The van der Waals surface area contributed by atoms with E-state index in [-0.39, 0.29) is 0 Å². The van der Waals surface area contributed by atoms with Gasteiger partial charge in [0.05, 0.1) is 31.4 Å². The summed E-state index contributed by atoms with van der Waals surface area (Å²) in [5.41, 5.74) is 3.84. The van der Waals surface area contributed by atoms with Crippen LogP contribution >= 0.6 is 11.6 Å². The molecule has 4 nitrogen and oxygen atoms in total. The van der Waals surface area contributed by atoms with Crippen LogP contribution in [0.2, 0.25) is 5.02 Å². The second-order valence-electron chi connectivity index (χ2n) is 6.11. The monoisotopic (exact) mass is 377 g/mol. The first-order valence-corrected chi connectivity index (χ1v) is 8.87. The maximum Gasteiger partial charge on any atom is 0.142 e. The van der Waals surface area contributed by atoms with Gasteiger partial charge in [-0.25, -0.2) is 0 Å². The maximum absolute atomic E-state index is 9.13. The van der Waals surface area contributed by atoms with Crippen molar-refractivity contribution in [2.75, 3.05) is 13.7 Å². The van der Waals surface area contributed by atoms with Crippen molar-refractivity contribution >= 4 is 22.9 Å². The smallest absolute Gasteiger partial charge is 0.142 e. The quantitative estimate of drug-likeness (QED) is 0.661. The fraction of sp³-hybridized carbons (Fsp3) is 0.136. The molecule has 2 aromatic carbocycles. The Bertz CT molecular complexity index is 1030. The van der Waals surface area contributed by atoms with Crippen LogP contribution in [0.3, 0.4) is 0 Å². The molecule has 0 fully saturated rings. The summed E-state index contributed by atoms with van der Waals surface area (Å²) in [7, 11) is 1.62. The van der Waals surface area contributed by atoms with Crippen LogP contribution in [-0.4, -0.2) is 13.7 Å². The highest BCUT2D eigenvalue weighted by Crippen LogP contribution is 2.44. The van der Waals surface area contributed by atoms with Crippen LogP contribution in [0.1, 0.15) is 17.5 Å². The molecule has 0 atom stereocenters. The summed E-state index contributed by atoms with van der Waals surface area (Å²) in [6.45, 7) is 0.531. The number of allylic oxidation sites excluding steroid dienone is 3. The van der Waals surface area contributed by atoms with Crippen molar-refractivity contribution in [2.24, 2.45) is 0 Å². The van der Waals surface area contributed by atoms with Gasteiger partial charge in [-0.05, 0) is 47.5 Å². The van der Waals surface area contributed by atoms with E-state index in [9.17, 15) is 0 Å². The Balaban J connectivity index is 1.93. The van der Waals surface area contributed by atoms with Crippen molar-refractivity contribution < 1.29 is 14.2 Å². The molecule has 2 heterocycles. The van der Waals surface area contributed by atoms with E-state index in [0.717, 1.165) is 28.0 Å². The zero-order chi connectivity index (χ0) is 18.8. The molecule has 0 saturated heterocycles. The van der Waals surface area contributed by atoms with Crippen LogP contribution in [0.15, 0.2) is 65.9 Å². The van der Waals surface area contributed by atoms with E-state index in [1.165, 1.54) is 6.08 Å². The molecule has 2 aliphatic heterocycles. The Morgan fingerprint density at radius 1 is 1.19 bits per heavy atom. The van der Waals surface area contributed by atoms with E-state index in [2.05, 4.69) is 0 Å². The number of hydrogen-bond donors (Lipinski definition) is 0. The minimum absolute atomic E-state index is 0.483. The lowest BCUT2D eigenvalue weighted by Crippen LogP contribution is -2.05. The molecule has 4 rings (SSSR count). The van der Waals surface area contributed by atoms with Crippen LogP contribution in [0, 0.1) is 11.3 Å². The standard InChI is InChI=1S/C22H16ClNO3/c1-25-16-6-7-21-20(12-16)22-18(9-11-26-21)19(13-17(27-22)8-10-24)14-2-4-15(23)5-3-14/h2-8,12-13H,9,11H2,1H3/b17-8+. The summed E-state index contributed by atoms with van der Waals surface area (Å²) in [4.78, 5) is 0. The van der Waals surface area contributed by atoms with Gasteiger partial charge < -0.3 is 14.2 Å². The minimum atomic E-state index is 0.483. The van der Waals surface area contributed by atoms with E-state index >= 15 is 0 Å². The molecule has 0 amide bonds. The van der Waals surface area contributed by atoms with E-state index in [4.69, 9.17) is 31.1 Å². The molecular formula is C22H16ClNO3. The van der Waals surface area contributed by atoms with Crippen LogP contribution in [-0.2, 0) is 4.74 Å². The van der Waals surface area contributed by atoms with Crippen LogP contribution in [0.5, 0.6) is 11.5 Å². The third-order valence-corrected chi connectivity index (χ3v) is 4.76. The van der Waals surface area contributed by atoms with Crippen molar-refractivity contribution in [1.29, 1.82) is 5.26 Å². The number of nitriles is 1. The molecule has 0 unspecified atom stereocenters. The molecular weight excluding hydrogens is 362 g/mol. The average molecular weight is 378 g/mol. The van der Waals surface area contributed by atoms with Gasteiger partial charge in [-0.15, -0.1) is 0 Å². The molecule has 27 heavy (non-hydrogen) atoms. The van der Waals surface area contributed by atoms with E-state index < -0.39 is 0 Å². The Morgan fingerprint density at radius 2 is 2.00 bits per heavy atom. The Hall–Kier alpha value is -3.16. The molecule has 0 bridgehead atoms. The first kappa shape index (κ1) is 17.3. The lowest BCUT2D eigenvalue weighted by Gasteiger charge is -2.23. The van der Waals surface area contributed by atoms with Gasteiger partial charge in [-0.3, -0.25) is 0 Å². The lowest BCUT2D eigenvalue weighted by atomic mass is 9.90. The number of methoxy groups -OCH3 is 1. The molecule has 134 valence electrons. The van der Waals surface area contributed by atoms with Gasteiger partial charge in [0, 0.05) is 17.0 Å². The summed E-state index contributed by atoms with van der Waals surface area (Å²) in [5, 5.41) is 9.80. The third kappa shape index (κ3) is 3.30. The molecule has 2 aliphatic rings. The number of nitrogens with zero attached hydrogens (tertiary/aromatic N) is 1. The van der Waals surface area contributed by atoms with Crippen LogP contribution in [0.25, 0.3) is 11.3 Å². The number of fused-ring (bicyclic) bond motifs is 2. The number of ether oxygens (including phenoxy) is 3. The van der Waals surface area contributed by atoms with Gasteiger partial charge in [0.25, 0.3) is 0 Å². The predicted molar refractivity (Wildman–Crippen MR) is 104 cm³/mol. The van der Waals surface area contributed by atoms with Crippen molar-refractivity contribution in [3.05, 3.63) is 82.1 Å². The molecule has 0 radical (unpaired) electrons. The fourth-order valence-corrected chi connectivity index (χ4v) is 3.38. The topological polar surface area (TPSA) is 51.5 Å². The zero-order valence-corrected chi connectivity index (χ0v) is 15.4. The normalized spacial score (nSPS) is 16.9. The summed E-state index contributed by atoms with van der Waals surface area (Å²) < 4.78 is 17.4.